The van der Waals surface area contributed by atoms with Gasteiger partial charge in [-0.3, -0.25) is 0 Å². The number of thiazole rings is 1. The number of aryl methyl sites for hydroxylation is 1. The zero-order valence-electron chi connectivity index (χ0n) is 13.2. The van der Waals surface area contributed by atoms with Gasteiger partial charge in [-0.1, -0.05) is 48.8 Å². The summed E-state index contributed by atoms with van der Waals surface area (Å²) >= 11 is 5.43. The summed E-state index contributed by atoms with van der Waals surface area (Å²) in [7, 11) is 0. The van der Waals surface area contributed by atoms with Gasteiger partial charge in [0.25, 0.3) is 0 Å². The fourth-order valence-electron chi connectivity index (χ4n) is 2.16. The van der Waals surface area contributed by atoms with E-state index in [0.717, 1.165) is 29.0 Å². The first-order valence-electron chi connectivity index (χ1n) is 7.47. The molecule has 0 radical (unpaired) electrons. The lowest BCUT2D eigenvalue weighted by Gasteiger charge is -2.04. The van der Waals surface area contributed by atoms with E-state index in [9.17, 15) is 0 Å². The highest BCUT2D eigenvalue weighted by molar-refractivity contribution is 9.10. The van der Waals surface area contributed by atoms with Gasteiger partial charge in [-0.15, -0.1) is 11.3 Å². The van der Waals surface area contributed by atoms with Gasteiger partial charge in [0.1, 0.15) is 5.01 Å². The Morgan fingerprint density at radius 1 is 1.33 bits per heavy atom. The Balaban J connectivity index is 2.34. The summed E-state index contributed by atoms with van der Waals surface area (Å²) in [6.45, 7) is 10.7. The second-order valence-electron chi connectivity index (χ2n) is 5.73. The lowest BCUT2D eigenvalue weighted by molar-refractivity contribution is 0.628. The summed E-state index contributed by atoms with van der Waals surface area (Å²) in [6.07, 6.45) is 1.05. The molecule has 4 heteroatoms. The molecule has 0 amide bonds. The minimum absolute atomic E-state index is 0.630. The number of hydrogen-bond donors (Lipinski definition) is 1. The summed E-state index contributed by atoms with van der Waals surface area (Å²) < 4.78 is 1.15. The molecule has 0 aliphatic carbocycles. The van der Waals surface area contributed by atoms with Gasteiger partial charge in [0.2, 0.25) is 0 Å². The number of hydrogen-bond acceptors (Lipinski definition) is 3. The normalized spacial score (nSPS) is 11.3. The van der Waals surface area contributed by atoms with Crippen LogP contribution in [0, 0.1) is 12.8 Å². The minimum atomic E-state index is 0.630. The fourth-order valence-corrected chi connectivity index (χ4v) is 3.59. The third-order valence-corrected chi connectivity index (χ3v) is 5.34. The highest BCUT2D eigenvalue weighted by Gasteiger charge is 2.14. The Morgan fingerprint density at radius 3 is 2.71 bits per heavy atom. The van der Waals surface area contributed by atoms with Crippen molar-refractivity contribution in [2.75, 3.05) is 6.54 Å². The molecule has 0 spiro atoms. The van der Waals surface area contributed by atoms with Gasteiger partial charge in [-0.25, -0.2) is 4.98 Å². The number of halogens is 1. The summed E-state index contributed by atoms with van der Waals surface area (Å²) in [5, 5.41) is 4.55. The predicted molar refractivity (Wildman–Crippen MR) is 95.9 cm³/mol. The molecule has 1 aromatic heterocycles. The van der Waals surface area contributed by atoms with Crippen molar-refractivity contribution in [2.45, 2.75) is 40.7 Å². The van der Waals surface area contributed by atoms with Gasteiger partial charge >= 0.3 is 0 Å². The number of aromatic nitrogens is 1. The molecule has 0 unspecified atom stereocenters. The second kappa shape index (κ2) is 7.52. The molecule has 114 valence electrons. The molecule has 0 atom stereocenters. The highest BCUT2D eigenvalue weighted by Crippen LogP contribution is 2.32. The number of benzene rings is 1. The second-order valence-corrected chi connectivity index (χ2v) is 7.67. The van der Waals surface area contributed by atoms with Crippen LogP contribution < -0.4 is 5.32 Å². The van der Waals surface area contributed by atoms with Crippen molar-refractivity contribution in [1.82, 2.24) is 10.3 Å². The van der Waals surface area contributed by atoms with Crippen LogP contribution in [-0.2, 0) is 13.0 Å². The van der Waals surface area contributed by atoms with Crippen molar-refractivity contribution in [3.63, 3.8) is 0 Å². The van der Waals surface area contributed by atoms with E-state index >= 15 is 0 Å². The Kier molecular flexibility index (Phi) is 5.97. The van der Waals surface area contributed by atoms with Gasteiger partial charge in [0, 0.05) is 21.5 Å². The molecule has 2 rings (SSSR count). The van der Waals surface area contributed by atoms with Crippen LogP contribution in [0.4, 0.5) is 0 Å². The van der Waals surface area contributed by atoms with Crippen LogP contribution in [-0.4, -0.2) is 11.5 Å². The molecule has 0 fully saturated rings. The topological polar surface area (TPSA) is 24.9 Å². The van der Waals surface area contributed by atoms with Crippen molar-refractivity contribution < 1.29 is 0 Å². The first kappa shape index (κ1) is 16.7. The molecule has 0 bridgehead atoms. The lowest BCUT2D eigenvalue weighted by Crippen LogP contribution is -2.12. The van der Waals surface area contributed by atoms with Gasteiger partial charge in [-0.05, 0) is 37.4 Å². The average Bonchev–Trinajstić information content (AvgIpc) is 2.82. The van der Waals surface area contributed by atoms with E-state index in [-0.39, 0.29) is 0 Å². The molecule has 1 aromatic carbocycles. The summed E-state index contributed by atoms with van der Waals surface area (Å²) in [4.78, 5) is 6.27. The molecule has 0 saturated heterocycles. The van der Waals surface area contributed by atoms with Crippen LogP contribution >= 0.6 is 27.3 Å². The van der Waals surface area contributed by atoms with Crippen LogP contribution in [0.2, 0.25) is 0 Å². The molecule has 2 nitrogen and oxygen atoms in total. The van der Waals surface area contributed by atoms with Crippen LogP contribution in [0.15, 0.2) is 22.7 Å². The van der Waals surface area contributed by atoms with Gasteiger partial charge < -0.3 is 5.32 Å². The van der Waals surface area contributed by atoms with E-state index in [2.05, 4.69) is 67.1 Å². The van der Waals surface area contributed by atoms with Gasteiger partial charge in [0.15, 0.2) is 0 Å². The average molecular weight is 367 g/mol. The Morgan fingerprint density at radius 2 is 2.10 bits per heavy atom. The molecule has 2 aromatic rings. The van der Waals surface area contributed by atoms with Gasteiger partial charge in [0.05, 0.1) is 5.69 Å². The van der Waals surface area contributed by atoms with Crippen LogP contribution in [0.3, 0.4) is 0 Å². The van der Waals surface area contributed by atoms with Crippen LogP contribution in [0.25, 0.3) is 10.6 Å². The fraction of sp³-hybridized carbons (Fsp3) is 0.471. The molecule has 1 N–H and O–H groups in total. The molecule has 0 aliphatic heterocycles. The molecule has 0 aliphatic rings. The monoisotopic (exact) mass is 366 g/mol. The largest absolute Gasteiger partial charge is 0.312 e. The van der Waals surface area contributed by atoms with E-state index in [0.29, 0.717) is 5.92 Å². The van der Waals surface area contributed by atoms with E-state index in [1.807, 2.05) is 11.3 Å². The van der Waals surface area contributed by atoms with Gasteiger partial charge in [-0.2, -0.15) is 0 Å². The maximum absolute atomic E-state index is 4.90. The maximum Gasteiger partial charge on any atom is 0.123 e. The van der Waals surface area contributed by atoms with Crippen molar-refractivity contribution in [1.29, 1.82) is 0 Å². The standard InChI is InChI=1S/C17H23BrN2S/c1-5-19-10-16-15(8-11(2)3)20-17(21-16)13-7-6-12(4)14(18)9-13/h6-7,9,11,19H,5,8,10H2,1-4H3. The Hall–Kier alpha value is -0.710. The summed E-state index contributed by atoms with van der Waals surface area (Å²) in [5.41, 5.74) is 3.71. The number of nitrogens with one attached hydrogen (secondary N) is 1. The quantitative estimate of drug-likeness (QED) is 0.760. The predicted octanol–water partition coefficient (Wildman–Crippen LogP) is 5.19. The van der Waals surface area contributed by atoms with Crippen molar-refractivity contribution in [2.24, 2.45) is 5.92 Å². The third-order valence-electron chi connectivity index (χ3n) is 3.33. The van der Waals surface area contributed by atoms with Crippen molar-refractivity contribution >= 4 is 27.3 Å². The first-order chi connectivity index (χ1) is 10.0. The van der Waals surface area contributed by atoms with E-state index in [4.69, 9.17) is 4.98 Å². The molecule has 21 heavy (non-hydrogen) atoms. The number of rotatable bonds is 6. The molecular formula is C17H23BrN2S. The van der Waals surface area contributed by atoms with E-state index in [1.54, 1.807) is 0 Å². The first-order valence-corrected chi connectivity index (χ1v) is 9.08. The van der Waals surface area contributed by atoms with Crippen molar-refractivity contribution in [3.05, 3.63) is 38.8 Å². The molecular weight excluding hydrogens is 344 g/mol. The Labute approximate surface area is 140 Å². The zero-order chi connectivity index (χ0) is 15.4. The van der Waals surface area contributed by atoms with E-state index in [1.165, 1.54) is 21.7 Å². The lowest BCUT2D eigenvalue weighted by atomic mass is 10.1. The van der Waals surface area contributed by atoms with Crippen molar-refractivity contribution in [3.8, 4) is 10.6 Å². The highest BCUT2D eigenvalue weighted by atomic mass is 79.9. The zero-order valence-corrected chi connectivity index (χ0v) is 15.6. The summed E-state index contributed by atoms with van der Waals surface area (Å²) in [6, 6.07) is 6.48. The minimum Gasteiger partial charge on any atom is -0.312 e. The molecule has 1 heterocycles. The SMILES string of the molecule is CCNCc1sc(-c2ccc(C)c(Br)c2)nc1CC(C)C. The van der Waals surface area contributed by atoms with E-state index < -0.39 is 0 Å². The number of nitrogens with zero attached hydrogens (tertiary/aromatic N) is 1. The van der Waals surface area contributed by atoms with Crippen LogP contribution in [0.1, 0.15) is 36.9 Å². The van der Waals surface area contributed by atoms with Crippen LogP contribution in [0.5, 0.6) is 0 Å². The smallest absolute Gasteiger partial charge is 0.123 e. The summed E-state index contributed by atoms with van der Waals surface area (Å²) in [5.74, 6) is 0.630. The third kappa shape index (κ3) is 4.38. The Bertz CT molecular complexity index is 605. The maximum atomic E-state index is 4.90. The molecule has 0 saturated carbocycles.